The number of benzene rings is 3. The van der Waals surface area contributed by atoms with Crippen LogP contribution < -0.4 is 10.1 Å². The van der Waals surface area contributed by atoms with Crippen LogP contribution in [-0.4, -0.2) is 61.0 Å². The van der Waals surface area contributed by atoms with E-state index in [1.54, 1.807) is 43.3 Å². The Kier molecular flexibility index (Phi) is 13.1. The van der Waals surface area contributed by atoms with Crippen molar-refractivity contribution in [2.45, 2.75) is 39.0 Å². The molecule has 11 heteroatoms. The van der Waals surface area contributed by atoms with E-state index in [2.05, 4.69) is 5.32 Å². The van der Waals surface area contributed by atoms with E-state index in [0.717, 1.165) is 23.3 Å². The van der Waals surface area contributed by atoms with Crippen LogP contribution in [-0.2, 0) is 33.8 Å². The molecule has 0 aliphatic carbocycles. The average molecular weight is 589 g/mol. The topological polar surface area (TPSA) is 97.3 Å². The van der Waals surface area contributed by atoms with Crippen molar-refractivity contribution in [3.05, 3.63) is 101 Å². The Balaban J connectivity index is 1.52. The van der Waals surface area contributed by atoms with Gasteiger partial charge >= 0.3 is 12.0 Å². The lowest BCUT2D eigenvalue weighted by atomic mass is 10.1. The first-order valence-electron chi connectivity index (χ1n) is 13.6. The summed E-state index contributed by atoms with van der Waals surface area (Å²) in [5.41, 5.74) is 1.75. The fourth-order valence-corrected chi connectivity index (χ4v) is 4.02. The van der Waals surface area contributed by atoms with Crippen molar-refractivity contribution in [1.29, 1.82) is 0 Å². The summed E-state index contributed by atoms with van der Waals surface area (Å²) in [7, 11) is 0. The van der Waals surface area contributed by atoms with Gasteiger partial charge in [0.15, 0.2) is 6.10 Å². The zero-order valence-electron chi connectivity index (χ0n) is 23.4. The number of carbonyl (C=O) groups excluding carboxylic acids is 1. The van der Waals surface area contributed by atoms with Crippen LogP contribution in [0.2, 0.25) is 0 Å². The Labute approximate surface area is 243 Å². The second-order valence-electron chi connectivity index (χ2n) is 9.39. The molecule has 0 aliphatic rings. The van der Waals surface area contributed by atoms with Gasteiger partial charge in [-0.05, 0) is 54.8 Å². The number of hydrogen-bond donors (Lipinski definition) is 2. The molecule has 0 spiro atoms. The maximum atomic E-state index is 14.0. The first-order chi connectivity index (χ1) is 20.2. The lowest BCUT2D eigenvalue weighted by Gasteiger charge is -2.23. The average Bonchev–Trinajstić information content (AvgIpc) is 2.97. The van der Waals surface area contributed by atoms with Crippen molar-refractivity contribution >= 4 is 12.0 Å². The van der Waals surface area contributed by atoms with Crippen LogP contribution in [0.3, 0.4) is 0 Å². The third kappa shape index (κ3) is 11.1. The zero-order chi connectivity index (χ0) is 30.3. The molecule has 226 valence electrons. The molecule has 1 atom stereocenters. The van der Waals surface area contributed by atoms with Crippen LogP contribution in [0.25, 0.3) is 0 Å². The SMILES string of the molecule is CCOC(Cc1ccc(OCCN(CCCOCc2ccc(F)cc2)C(=O)NCc2ccc(F)cc2F)cc1)C(=O)O. The summed E-state index contributed by atoms with van der Waals surface area (Å²) < 4.78 is 57.0. The molecule has 0 aliphatic heterocycles. The molecule has 0 bridgehead atoms. The summed E-state index contributed by atoms with van der Waals surface area (Å²) in [6, 6.07) is 15.6. The number of aliphatic carboxylic acids is 1. The van der Waals surface area contributed by atoms with E-state index < -0.39 is 29.7 Å². The molecule has 1 unspecified atom stereocenters. The normalized spacial score (nSPS) is 11.6. The maximum absolute atomic E-state index is 14.0. The van der Waals surface area contributed by atoms with Gasteiger partial charge in [0, 0.05) is 44.4 Å². The van der Waals surface area contributed by atoms with Gasteiger partial charge in [-0.25, -0.2) is 22.8 Å². The minimum Gasteiger partial charge on any atom is -0.492 e. The predicted molar refractivity (Wildman–Crippen MR) is 150 cm³/mol. The van der Waals surface area contributed by atoms with Crippen LogP contribution in [0, 0.1) is 17.5 Å². The first kappa shape index (κ1) is 32.4. The summed E-state index contributed by atoms with van der Waals surface area (Å²) in [6.07, 6.45) is -0.217. The minimum absolute atomic E-state index is 0.121. The number of hydrogen-bond acceptors (Lipinski definition) is 5. The van der Waals surface area contributed by atoms with Gasteiger partial charge in [0.05, 0.1) is 13.2 Å². The van der Waals surface area contributed by atoms with Crippen LogP contribution in [0.5, 0.6) is 5.75 Å². The molecule has 3 aromatic carbocycles. The summed E-state index contributed by atoms with van der Waals surface area (Å²) in [4.78, 5) is 25.8. The number of rotatable bonds is 17. The number of carboxylic acid groups (broad SMARTS) is 1. The highest BCUT2D eigenvalue weighted by atomic mass is 19.1. The molecular weight excluding hydrogens is 553 g/mol. The van der Waals surface area contributed by atoms with Crippen molar-refractivity contribution < 1.29 is 42.1 Å². The third-order valence-electron chi connectivity index (χ3n) is 6.25. The van der Waals surface area contributed by atoms with E-state index in [-0.39, 0.29) is 37.5 Å². The van der Waals surface area contributed by atoms with Gasteiger partial charge in [0.25, 0.3) is 0 Å². The fraction of sp³-hybridized carbons (Fsp3) is 0.355. The van der Waals surface area contributed by atoms with Gasteiger partial charge in [0.2, 0.25) is 0 Å². The number of halogens is 3. The number of carboxylic acids is 1. The van der Waals surface area contributed by atoms with Crippen LogP contribution in [0.1, 0.15) is 30.0 Å². The highest BCUT2D eigenvalue weighted by Crippen LogP contribution is 2.15. The zero-order valence-corrected chi connectivity index (χ0v) is 23.4. The molecule has 3 aromatic rings. The molecule has 0 radical (unpaired) electrons. The molecular formula is C31H35F3N2O6. The summed E-state index contributed by atoms with van der Waals surface area (Å²) >= 11 is 0. The number of nitrogens with one attached hydrogen (secondary N) is 1. The van der Waals surface area contributed by atoms with E-state index in [4.69, 9.17) is 14.2 Å². The fourth-order valence-electron chi connectivity index (χ4n) is 4.02. The van der Waals surface area contributed by atoms with Gasteiger partial charge in [-0.3, -0.25) is 0 Å². The summed E-state index contributed by atoms with van der Waals surface area (Å²) in [5, 5.41) is 11.9. The van der Waals surface area contributed by atoms with Crippen LogP contribution in [0.4, 0.5) is 18.0 Å². The molecule has 0 saturated carbocycles. The number of carbonyl (C=O) groups is 2. The lowest BCUT2D eigenvalue weighted by molar-refractivity contribution is -0.149. The third-order valence-corrected chi connectivity index (χ3v) is 6.25. The van der Waals surface area contributed by atoms with Crippen LogP contribution >= 0.6 is 0 Å². The van der Waals surface area contributed by atoms with E-state index >= 15 is 0 Å². The van der Waals surface area contributed by atoms with Gasteiger partial charge in [-0.15, -0.1) is 0 Å². The minimum atomic E-state index is -1.03. The van der Waals surface area contributed by atoms with Crippen molar-refractivity contribution in [1.82, 2.24) is 10.2 Å². The Bertz CT molecular complexity index is 1270. The van der Waals surface area contributed by atoms with E-state index in [1.165, 1.54) is 23.1 Å². The number of nitrogens with zero attached hydrogens (tertiary/aromatic N) is 1. The number of urea groups is 1. The monoisotopic (exact) mass is 588 g/mol. The van der Waals surface area contributed by atoms with Crippen molar-refractivity contribution in [3.63, 3.8) is 0 Å². The molecule has 8 nitrogen and oxygen atoms in total. The molecule has 3 rings (SSSR count). The highest BCUT2D eigenvalue weighted by Gasteiger charge is 2.18. The van der Waals surface area contributed by atoms with Crippen molar-refractivity contribution in [2.75, 3.05) is 32.9 Å². The Morgan fingerprint density at radius 3 is 2.26 bits per heavy atom. The molecule has 42 heavy (non-hydrogen) atoms. The molecule has 0 saturated heterocycles. The van der Waals surface area contributed by atoms with Gasteiger partial charge in [-0.2, -0.15) is 0 Å². The van der Waals surface area contributed by atoms with Gasteiger partial charge in [0.1, 0.15) is 29.8 Å². The maximum Gasteiger partial charge on any atom is 0.333 e. The molecule has 2 N–H and O–H groups in total. The second kappa shape index (κ2) is 17.0. The number of ether oxygens (including phenoxy) is 3. The Morgan fingerprint density at radius 1 is 0.905 bits per heavy atom. The largest absolute Gasteiger partial charge is 0.492 e. The van der Waals surface area contributed by atoms with Crippen LogP contribution in [0.15, 0.2) is 66.7 Å². The van der Waals surface area contributed by atoms with Crippen molar-refractivity contribution in [3.8, 4) is 5.75 Å². The van der Waals surface area contributed by atoms with E-state index in [0.29, 0.717) is 38.5 Å². The lowest BCUT2D eigenvalue weighted by Crippen LogP contribution is -2.42. The second-order valence-corrected chi connectivity index (χ2v) is 9.39. The van der Waals surface area contributed by atoms with Gasteiger partial charge < -0.3 is 29.5 Å². The van der Waals surface area contributed by atoms with E-state index in [9.17, 15) is 27.9 Å². The Hall–Kier alpha value is -4.09. The predicted octanol–water partition coefficient (Wildman–Crippen LogP) is 5.33. The first-order valence-corrected chi connectivity index (χ1v) is 13.6. The standard InChI is InChI=1S/C31H35F3N2O6/c1-2-41-29(30(37)38)18-22-6-12-27(13-7-22)42-17-15-36(14-3-16-40-21-23-4-9-25(32)10-5-23)31(39)35-20-24-8-11-26(33)19-28(24)34/h4-13,19,29H,2-3,14-18,20-21H2,1H3,(H,35,39)(H,37,38). The molecule has 2 amide bonds. The molecule has 0 aromatic heterocycles. The number of amides is 2. The molecule has 0 fully saturated rings. The Morgan fingerprint density at radius 2 is 1.60 bits per heavy atom. The van der Waals surface area contributed by atoms with E-state index in [1.807, 2.05) is 0 Å². The van der Waals surface area contributed by atoms with Crippen molar-refractivity contribution in [2.24, 2.45) is 0 Å². The quantitative estimate of drug-likeness (QED) is 0.207. The molecule has 0 heterocycles. The smallest absolute Gasteiger partial charge is 0.333 e. The summed E-state index contributed by atoms with van der Waals surface area (Å²) in [6.45, 7) is 3.23. The highest BCUT2D eigenvalue weighted by molar-refractivity contribution is 5.74. The van der Waals surface area contributed by atoms with Gasteiger partial charge in [-0.1, -0.05) is 30.3 Å². The summed E-state index contributed by atoms with van der Waals surface area (Å²) in [5.74, 6) is -2.27.